The third kappa shape index (κ3) is 0.947. The van der Waals surface area contributed by atoms with Gasteiger partial charge in [0, 0.05) is 6.20 Å². The first-order chi connectivity index (χ1) is 8.33. The van der Waals surface area contributed by atoms with E-state index in [0.717, 1.165) is 17.4 Å². The Balaban J connectivity index is 2.06. The highest BCUT2D eigenvalue weighted by atomic mass is 32.1. The lowest BCUT2D eigenvalue weighted by Crippen LogP contribution is -2.41. The summed E-state index contributed by atoms with van der Waals surface area (Å²) in [7, 11) is 0. The van der Waals surface area contributed by atoms with E-state index in [4.69, 9.17) is 12.6 Å². The molecule has 0 saturated heterocycles. The summed E-state index contributed by atoms with van der Waals surface area (Å²) < 4.78 is 2.07. The van der Waals surface area contributed by atoms with Crippen molar-refractivity contribution in [2.45, 2.75) is 17.0 Å². The van der Waals surface area contributed by atoms with Crippen molar-refractivity contribution in [1.29, 1.82) is 0 Å². The fourth-order valence-electron chi connectivity index (χ4n) is 2.79. The molecule has 4 heteroatoms. The summed E-state index contributed by atoms with van der Waals surface area (Å²) >= 11 is 5.36. The summed E-state index contributed by atoms with van der Waals surface area (Å²) in [6.07, 6.45) is 17.7. The summed E-state index contributed by atoms with van der Waals surface area (Å²) in [6, 6.07) is 0. The van der Waals surface area contributed by atoms with Gasteiger partial charge in [-0.2, -0.15) is 0 Å². The van der Waals surface area contributed by atoms with E-state index >= 15 is 0 Å². The van der Waals surface area contributed by atoms with Gasteiger partial charge in [0.1, 0.15) is 10.6 Å². The standard InChI is InChI=1S/C13H10N3S/c17-11-9-14-12-15-8-4-3-7-13(15)6-2-1-5-10(13)16(11)12/h2-9H,1H2. The van der Waals surface area contributed by atoms with Crippen LogP contribution in [-0.2, 0) is 0 Å². The molecule has 0 saturated carbocycles. The lowest BCUT2D eigenvalue weighted by atomic mass is 9.88. The maximum Gasteiger partial charge on any atom is 0.216 e. The molecule has 83 valence electrons. The number of imidazole rings is 1. The molecule has 1 spiro atoms. The molecule has 3 heterocycles. The van der Waals surface area contributed by atoms with E-state index in [0.29, 0.717) is 0 Å². The SMILES string of the molecule is [S]c1cnc2n1C1=CCC=CC13C=CC=CN23. The molecule has 1 atom stereocenters. The largest absolute Gasteiger partial charge is 0.300 e. The Labute approximate surface area is 105 Å². The van der Waals surface area contributed by atoms with Gasteiger partial charge in [0.05, 0.1) is 11.9 Å². The minimum absolute atomic E-state index is 0.204. The maximum absolute atomic E-state index is 5.36. The Hall–Kier alpha value is -1.81. The van der Waals surface area contributed by atoms with E-state index in [1.165, 1.54) is 5.70 Å². The van der Waals surface area contributed by atoms with Gasteiger partial charge in [0.15, 0.2) is 0 Å². The minimum atomic E-state index is -0.204. The van der Waals surface area contributed by atoms with Crippen LogP contribution in [0.25, 0.3) is 5.70 Å². The van der Waals surface area contributed by atoms with Crippen LogP contribution in [0.4, 0.5) is 5.95 Å². The Kier molecular flexibility index (Phi) is 1.58. The number of fused-ring (bicyclic) bond motifs is 3. The van der Waals surface area contributed by atoms with Gasteiger partial charge in [0.25, 0.3) is 0 Å². The highest BCUT2D eigenvalue weighted by molar-refractivity contribution is 7.80. The van der Waals surface area contributed by atoms with Crippen molar-refractivity contribution in [2.24, 2.45) is 0 Å². The molecule has 17 heavy (non-hydrogen) atoms. The van der Waals surface area contributed by atoms with Gasteiger partial charge in [-0.05, 0) is 18.6 Å². The van der Waals surface area contributed by atoms with Crippen LogP contribution < -0.4 is 4.90 Å². The van der Waals surface area contributed by atoms with Crippen LogP contribution in [0.15, 0.2) is 53.9 Å². The highest BCUT2D eigenvalue weighted by Gasteiger charge is 2.47. The number of nitrogens with zero attached hydrogens (tertiary/aromatic N) is 3. The Morgan fingerprint density at radius 2 is 2.24 bits per heavy atom. The van der Waals surface area contributed by atoms with Crippen LogP contribution in [0.1, 0.15) is 6.42 Å². The van der Waals surface area contributed by atoms with Gasteiger partial charge >= 0.3 is 0 Å². The van der Waals surface area contributed by atoms with E-state index in [9.17, 15) is 0 Å². The molecule has 0 fully saturated rings. The molecule has 1 aromatic heterocycles. The predicted octanol–water partition coefficient (Wildman–Crippen LogP) is 2.88. The van der Waals surface area contributed by atoms with E-state index in [2.05, 4.69) is 51.0 Å². The number of rotatable bonds is 0. The zero-order valence-electron chi connectivity index (χ0n) is 9.08. The molecule has 1 radical (unpaired) electrons. The number of aromatic nitrogens is 2. The molecule has 2 aliphatic heterocycles. The average Bonchev–Trinajstić information content (AvgIpc) is 2.86. The van der Waals surface area contributed by atoms with Gasteiger partial charge in [0.2, 0.25) is 5.95 Å². The monoisotopic (exact) mass is 240 g/mol. The van der Waals surface area contributed by atoms with Crippen molar-refractivity contribution in [3.8, 4) is 0 Å². The number of allylic oxidation sites excluding steroid dienone is 4. The van der Waals surface area contributed by atoms with Crippen LogP contribution in [-0.4, -0.2) is 15.1 Å². The molecule has 3 aliphatic rings. The van der Waals surface area contributed by atoms with E-state index in [-0.39, 0.29) is 5.54 Å². The van der Waals surface area contributed by atoms with Crippen LogP contribution in [0.3, 0.4) is 0 Å². The van der Waals surface area contributed by atoms with Crippen molar-refractivity contribution < 1.29 is 0 Å². The Morgan fingerprint density at radius 1 is 1.29 bits per heavy atom. The predicted molar refractivity (Wildman–Crippen MR) is 69.6 cm³/mol. The molecular weight excluding hydrogens is 230 g/mol. The molecule has 3 nitrogen and oxygen atoms in total. The third-order valence-corrected chi connectivity index (χ3v) is 3.78. The van der Waals surface area contributed by atoms with E-state index in [1.54, 1.807) is 6.20 Å². The molecule has 1 aromatic rings. The van der Waals surface area contributed by atoms with Crippen molar-refractivity contribution in [2.75, 3.05) is 4.90 Å². The fraction of sp³-hybridized carbons (Fsp3) is 0.154. The molecular formula is C13H10N3S. The third-order valence-electron chi connectivity index (χ3n) is 3.49. The molecule has 0 N–H and O–H groups in total. The van der Waals surface area contributed by atoms with Crippen molar-refractivity contribution in [1.82, 2.24) is 9.55 Å². The smallest absolute Gasteiger partial charge is 0.216 e. The molecule has 0 amide bonds. The Morgan fingerprint density at radius 3 is 3.18 bits per heavy atom. The number of hydrogen-bond donors (Lipinski definition) is 0. The lowest BCUT2D eigenvalue weighted by Gasteiger charge is -2.35. The summed E-state index contributed by atoms with van der Waals surface area (Å²) in [6.45, 7) is 0. The first-order valence-corrected chi connectivity index (χ1v) is 6.02. The van der Waals surface area contributed by atoms with Gasteiger partial charge in [-0.1, -0.05) is 36.9 Å². The normalized spacial score (nSPS) is 27.8. The highest BCUT2D eigenvalue weighted by Crippen LogP contribution is 2.47. The van der Waals surface area contributed by atoms with Gasteiger partial charge in [-0.3, -0.25) is 9.47 Å². The van der Waals surface area contributed by atoms with Crippen LogP contribution in [0.5, 0.6) is 0 Å². The molecule has 4 rings (SSSR count). The zero-order valence-corrected chi connectivity index (χ0v) is 9.89. The summed E-state index contributed by atoms with van der Waals surface area (Å²) in [5, 5.41) is 0.775. The molecule has 1 unspecified atom stereocenters. The van der Waals surface area contributed by atoms with Crippen molar-refractivity contribution >= 4 is 24.3 Å². The Bertz CT molecular complexity index is 621. The van der Waals surface area contributed by atoms with Gasteiger partial charge in [-0.15, -0.1) is 0 Å². The van der Waals surface area contributed by atoms with E-state index in [1.807, 2.05) is 6.08 Å². The summed E-state index contributed by atoms with van der Waals surface area (Å²) in [5.41, 5.74) is 1.00. The van der Waals surface area contributed by atoms with E-state index < -0.39 is 0 Å². The molecule has 0 bridgehead atoms. The number of hydrogen-bond acceptors (Lipinski definition) is 2. The zero-order chi connectivity index (χ0) is 11.5. The minimum Gasteiger partial charge on any atom is -0.300 e. The van der Waals surface area contributed by atoms with Crippen molar-refractivity contribution in [3.05, 3.63) is 48.9 Å². The first-order valence-electron chi connectivity index (χ1n) is 5.62. The topological polar surface area (TPSA) is 21.1 Å². The maximum atomic E-state index is 5.36. The average molecular weight is 240 g/mol. The first kappa shape index (κ1) is 9.24. The quantitative estimate of drug-likeness (QED) is 0.650. The fourth-order valence-corrected chi connectivity index (χ4v) is 3.02. The molecule has 1 aliphatic carbocycles. The summed E-state index contributed by atoms with van der Waals surface area (Å²) in [5.74, 6) is 0.911. The lowest BCUT2D eigenvalue weighted by molar-refractivity contribution is 0.780. The second-order valence-corrected chi connectivity index (χ2v) is 4.77. The second-order valence-electron chi connectivity index (χ2n) is 4.36. The number of anilines is 1. The van der Waals surface area contributed by atoms with Crippen LogP contribution in [0, 0.1) is 0 Å². The van der Waals surface area contributed by atoms with Gasteiger partial charge in [-0.25, -0.2) is 4.98 Å². The van der Waals surface area contributed by atoms with Crippen LogP contribution in [0.2, 0.25) is 0 Å². The molecule has 0 aromatic carbocycles. The van der Waals surface area contributed by atoms with Gasteiger partial charge < -0.3 is 0 Å². The van der Waals surface area contributed by atoms with Crippen molar-refractivity contribution in [3.63, 3.8) is 0 Å². The summed E-state index contributed by atoms with van der Waals surface area (Å²) in [4.78, 5) is 6.60. The second kappa shape index (κ2) is 2.90. The van der Waals surface area contributed by atoms with Crippen LogP contribution >= 0.6 is 12.6 Å².